The largest absolute Gasteiger partial charge is 0.465 e. The van der Waals surface area contributed by atoms with Gasteiger partial charge in [-0.15, -0.1) is 11.3 Å². The first-order valence-corrected chi connectivity index (χ1v) is 8.76. The first-order valence-electron chi connectivity index (χ1n) is 7.06. The van der Waals surface area contributed by atoms with Gasteiger partial charge in [-0.25, -0.2) is 4.79 Å². The lowest BCUT2D eigenvalue weighted by Gasteiger charge is -1.99. The second-order valence-electron chi connectivity index (χ2n) is 4.92. The zero-order valence-corrected chi connectivity index (χ0v) is 14.7. The lowest BCUT2D eigenvalue weighted by molar-refractivity contribution is -0.113. The predicted octanol–water partition coefficient (Wildman–Crippen LogP) is 3.23. The molecule has 0 aliphatic rings. The Morgan fingerprint density at radius 1 is 1.29 bits per heavy atom. The van der Waals surface area contributed by atoms with Crippen LogP contribution in [0.2, 0.25) is 0 Å². The molecule has 122 valence electrons. The van der Waals surface area contributed by atoms with Crippen LogP contribution < -0.4 is 4.80 Å². The maximum absolute atomic E-state index is 12.0. The first-order chi connectivity index (χ1) is 11.6. The molecule has 3 aromatic rings. The van der Waals surface area contributed by atoms with Gasteiger partial charge in [-0.3, -0.25) is 4.79 Å². The van der Waals surface area contributed by atoms with Crippen LogP contribution in [0.5, 0.6) is 0 Å². The Kier molecular flexibility index (Phi) is 4.73. The highest BCUT2D eigenvalue weighted by Crippen LogP contribution is 2.19. The molecule has 0 spiro atoms. The van der Waals surface area contributed by atoms with Gasteiger partial charge in [-0.2, -0.15) is 4.99 Å². The fourth-order valence-corrected chi connectivity index (χ4v) is 3.84. The Morgan fingerprint density at radius 2 is 2.12 bits per heavy atom. The number of ether oxygens (including phenoxy) is 1. The molecule has 3 rings (SSSR count). The molecule has 0 saturated heterocycles. The molecule has 0 bridgehead atoms. The summed E-state index contributed by atoms with van der Waals surface area (Å²) < 4.78 is 7.43. The van der Waals surface area contributed by atoms with E-state index >= 15 is 0 Å². The van der Waals surface area contributed by atoms with E-state index in [1.54, 1.807) is 29.5 Å². The minimum absolute atomic E-state index is 0.321. The van der Waals surface area contributed by atoms with Gasteiger partial charge in [0.05, 0.1) is 22.9 Å². The monoisotopic (exact) mass is 358 g/mol. The zero-order valence-electron chi connectivity index (χ0n) is 13.1. The molecule has 0 saturated carbocycles. The molecule has 0 atom stereocenters. The van der Waals surface area contributed by atoms with Crippen LogP contribution in [0.25, 0.3) is 16.3 Å². The van der Waals surface area contributed by atoms with Crippen LogP contribution in [0.3, 0.4) is 0 Å². The number of thiazole rings is 1. The maximum Gasteiger partial charge on any atom is 0.337 e. The van der Waals surface area contributed by atoms with Gasteiger partial charge in [0.1, 0.15) is 0 Å². The molecule has 0 N–H and O–H groups in total. The van der Waals surface area contributed by atoms with E-state index in [1.807, 2.05) is 35.2 Å². The topological polar surface area (TPSA) is 60.7 Å². The first kappa shape index (κ1) is 16.4. The van der Waals surface area contributed by atoms with Crippen molar-refractivity contribution in [2.45, 2.75) is 0 Å². The van der Waals surface area contributed by atoms with Crippen LogP contribution in [0, 0.1) is 0 Å². The number of carbonyl (C=O) groups excluding carboxylic acids is 2. The zero-order chi connectivity index (χ0) is 17.1. The number of methoxy groups -OCH3 is 1. The fraction of sp³-hybridized carbons (Fsp3) is 0.118. The molecular weight excluding hydrogens is 344 g/mol. The summed E-state index contributed by atoms with van der Waals surface area (Å²) in [6.45, 7) is 0. The van der Waals surface area contributed by atoms with Gasteiger partial charge < -0.3 is 9.30 Å². The number of benzene rings is 1. The van der Waals surface area contributed by atoms with E-state index in [1.165, 1.54) is 24.5 Å². The van der Waals surface area contributed by atoms with Crippen molar-refractivity contribution in [3.05, 3.63) is 57.0 Å². The number of nitrogens with zero attached hydrogens (tertiary/aromatic N) is 2. The Hall–Kier alpha value is -2.51. The average Bonchev–Trinajstić information content (AvgIpc) is 3.21. The summed E-state index contributed by atoms with van der Waals surface area (Å²) in [5.74, 6) is -0.708. The summed E-state index contributed by atoms with van der Waals surface area (Å²) in [5, 5.41) is 1.95. The number of fused-ring (bicyclic) bond motifs is 1. The second-order valence-corrected chi connectivity index (χ2v) is 6.90. The molecule has 2 aromatic heterocycles. The third-order valence-corrected chi connectivity index (χ3v) is 5.30. The van der Waals surface area contributed by atoms with Crippen molar-refractivity contribution in [3.8, 4) is 0 Å². The summed E-state index contributed by atoms with van der Waals surface area (Å²) in [6.07, 6.45) is 3.20. The minimum atomic E-state index is -0.388. The molecule has 24 heavy (non-hydrogen) atoms. The van der Waals surface area contributed by atoms with Crippen molar-refractivity contribution in [1.82, 2.24) is 4.57 Å². The summed E-state index contributed by atoms with van der Waals surface area (Å²) >= 11 is 2.91. The highest BCUT2D eigenvalue weighted by molar-refractivity contribution is 7.16. The molecule has 0 unspecified atom stereocenters. The Labute approximate surface area is 146 Å². The number of carbonyl (C=O) groups is 2. The van der Waals surface area contributed by atoms with E-state index in [4.69, 9.17) is 4.74 Å². The third-order valence-electron chi connectivity index (χ3n) is 3.37. The summed E-state index contributed by atoms with van der Waals surface area (Å²) in [7, 11) is 3.19. The van der Waals surface area contributed by atoms with E-state index in [2.05, 4.69) is 4.99 Å². The quantitative estimate of drug-likeness (QED) is 0.533. The van der Waals surface area contributed by atoms with Crippen LogP contribution in [0.15, 0.2) is 46.8 Å². The number of thiophene rings is 1. The van der Waals surface area contributed by atoms with Crippen molar-refractivity contribution < 1.29 is 14.3 Å². The van der Waals surface area contributed by atoms with Gasteiger partial charge in [-0.05, 0) is 35.7 Å². The normalized spacial score (nSPS) is 12.2. The van der Waals surface area contributed by atoms with Gasteiger partial charge in [-0.1, -0.05) is 17.4 Å². The van der Waals surface area contributed by atoms with Gasteiger partial charge in [0.15, 0.2) is 4.80 Å². The van der Waals surface area contributed by atoms with Crippen molar-refractivity contribution >= 4 is 50.8 Å². The smallest absolute Gasteiger partial charge is 0.337 e. The molecule has 7 heteroatoms. The van der Waals surface area contributed by atoms with Gasteiger partial charge in [0.2, 0.25) is 0 Å². The number of aromatic nitrogens is 1. The SMILES string of the molecule is COC(=O)c1ccc2c(c1)sc(=NC(=O)/C=C/c1cccs1)n2C. The summed E-state index contributed by atoms with van der Waals surface area (Å²) in [6, 6.07) is 9.13. The Bertz CT molecular complexity index is 995. The standard InChI is InChI=1S/C17H14N2O3S2/c1-19-13-7-5-11(16(21)22-2)10-14(13)24-17(19)18-15(20)8-6-12-4-3-9-23-12/h3-10H,1-2H3/b8-6+,18-17?. The predicted molar refractivity (Wildman–Crippen MR) is 96.1 cm³/mol. The number of esters is 1. The van der Waals surface area contributed by atoms with E-state index in [0.717, 1.165) is 15.1 Å². The number of rotatable bonds is 3. The molecule has 0 aliphatic carbocycles. The molecule has 0 radical (unpaired) electrons. The number of aryl methyl sites for hydroxylation is 1. The number of amides is 1. The number of hydrogen-bond acceptors (Lipinski definition) is 5. The Morgan fingerprint density at radius 3 is 2.83 bits per heavy atom. The van der Waals surface area contributed by atoms with E-state index in [-0.39, 0.29) is 11.9 Å². The Balaban J connectivity index is 1.95. The number of hydrogen-bond donors (Lipinski definition) is 0. The van der Waals surface area contributed by atoms with Crippen LogP contribution >= 0.6 is 22.7 Å². The van der Waals surface area contributed by atoms with Crippen LogP contribution in [-0.2, 0) is 16.6 Å². The molecular formula is C17H14N2O3S2. The van der Waals surface area contributed by atoms with Crippen molar-refractivity contribution in [1.29, 1.82) is 0 Å². The van der Waals surface area contributed by atoms with Crippen LogP contribution in [0.1, 0.15) is 15.2 Å². The minimum Gasteiger partial charge on any atom is -0.465 e. The van der Waals surface area contributed by atoms with Gasteiger partial charge >= 0.3 is 5.97 Å². The summed E-state index contributed by atoms with van der Waals surface area (Å²) in [5.41, 5.74) is 1.38. The average molecular weight is 358 g/mol. The molecule has 1 amide bonds. The van der Waals surface area contributed by atoms with Crippen LogP contribution in [-0.4, -0.2) is 23.6 Å². The molecule has 1 aromatic carbocycles. The van der Waals surface area contributed by atoms with E-state index < -0.39 is 0 Å². The molecule has 5 nitrogen and oxygen atoms in total. The lowest BCUT2D eigenvalue weighted by Crippen LogP contribution is -2.12. The second kappa shape index (κ2) is 6.94. The highest BCUT2D eigenvalue weighted by Gasteiger charge is 2.09. The van der Waals surface area contributed by atoms with Crippen molar-refractivity contribution in [3.63, 3.8) is 0 Å². The molecule has 0 fully saturated rings. The van der Waals surface area contributed by atoms with Gasteiger partial charge in [0.25, 0.3) is 5.91 Å². The van der Waals surface area contributed by atoms with E-state index in [9.17, 15) is 9.59 Å². The lowest BCUT2D eigenvalue weighted by atomic mass is 10.2. The molecule has 2 heterocycles. The van der Waals surface area contributed by atoms with Crippen molar-refractivity contribution in [2.75, 3.05) is 7.11 Å². The third kappa shape index (κ3) is 3.37. The van der Waals surface area contributed by atoms with E-state index in [0.29, 0.717) is 10.4 Å². The van der Waals surface area contributed by atoms with Crippen molar-refractivity contribution in [2.24, 2.45) is 12.0 Å². The van der Waals surface area contributed by atoms with Crippen LogP contribution in [0.4, 0.5) is 0 Å². The molecule has 0 aliphatic heterocycles. The maximum atomic E-state index is 12.0. The fourth-order valence-electron chi connectivity index (χ4n) is 2.16. The highest BCUT2D eigenvalue weighted by atomic mass is 32.1. The van der Waals surface area contributed by atoms with Gasteiger partial charge in [0, 0.05) is 18.0 Å². The summed E-state index contributed by atoms with van der Waals surface area (Å²) in [4.78, 5) is 29.4.